The molecule has 0 unspecified atom stereocenters. The topological polar surface area (TPSA) is 89.8 Å². The Balaban J connectivity index is 1.61. The fraction of sp³-hybridized carbons (Fsp3) is 0.306. The fourth-order valence-corrected chi connectivity index (χ4v) is 6.01. The van der Waals surface area contributed by atoms with E-state index < -0.39 is 12.2 Å². The number of nitrogens with zero attached hydrogens (tertiary/aromatic N) is 2. The Kier molecular flexibility index (Phi) is 9.82. The minimum Gasteiger partial charge on any atom is -0.442 e. The molecule has 4 aromatic rings. The van der Waals surface area contributed by atoms with E-state index in [9.17, 15) is 15.3 Å². The van der Waals surface area contributed by atoms with Crippen molar-refractivity contribution in [2.24, 2.45) is 0 Å². The molecule has 0 radical (unpaired) electrons. The molecule has 4 atom stereocenters. The van der Waals surface area contributed by atoms with Gasteiger partial charge in [0.2, 0.25) is 5.84 Å². The molecular weight excluding hydrogens is 524 g/mol. The highest BCUT2D eigenvalue weighted by Crippen LogP contribution is 2.27. The molecule has 1 aliphatic heterocycles. The molecule has 4 aromatic carbocycles. The third-order valence-electron chi connectivity index (χ3n) is 8.48. The Morgan fingerprint density at radius 1 is 0.643 bits per heavy atom. The van der Waals surface area contributed by atoms with Crippen LogP contribution in [0.1, 0.15) is 40.3 Å². The average Bonchev–Trinajstić information content (AvgIpc) is 3.10. The van der Waals surface area contributed by atoms with Crippen molar-refractivity contribution >= 4 is 5.84 Å². The van der Waals surface area contributed by atoms with E-state index in [0.29, 0.717) is 25.9 Å². The van der Waals surface area contributed by atoms with Gasteiger partial charge in [-0.1, -0.05) is 109 Å². The number of aliphatic hydroxyl groups is 3. The van der Waals surface area contributed by atoms with E-state index in [1.165, 1.54) is 0 Å². The number of aliphatic hydroxyl groups excluding tert-OH is 3. The molecule has 1 aliphatic rings. The van der Waals surface area contributed by atoms with Crippen molar-refractivity contribution in [1.29, 1.82) is 0 Å². The minimum absolute atomic E-state index is 0.00929. The Labute approximate surface area is 248 Å². The van der Waals surface area contributed by atoms with Crippen LogP contribution in [0.25, 0.3) is 0 Å². The van der Waals surface area contributed by atoms with Crippen molar-refractivity contribution in [2.75, 3.05) is 0 Å². The third kappa shape index (κ3) is 6.97. The van der Waals surface area contributed by atoms with E-state index in [2.05, 4.69) is 52.8 Å². The van der Waals surface area contributed by atoms with Crippen molar-refractivity contribution in [3.63, 3.8) is 0 Å². The summed E-state index contributed by atoms with van der Waals surface area (Å²) in [5.74, 6) is 0.989. The summed E-state index contributed by atoms with van der Waals surface area (Å²) in [6, 6.07) is 35.6. The molecule has 5 rings (SSSR count). The lowest BCUT2D eigenvalue weighted by Gasteiger charge is -2.30. The largest absolute Gasteiger partial charge is 0.442 e. The van der Waals surface area contributed by atoms with Gasteiger partial charge in [0.1, 0.15) is 37.4 Å². The molecule has 0 spiro atoms. The molecule has 0 fully saturated rings. The third-order valence-corrected chi connectivity index (χ3v) is 8.48. The first kappa shape index (κ1) is 29.7. The van der Waals surface area contributed by atoms with Gasteiger partial charge in [0.15, 0.2) is 6.61 Å². The summed E-state index contributed by atoms with van der Waals surface area (Å²) < 4.78 is 2.25. The number of rotatable bonds is 10. The summed E-state index contributed by atoms with van der Waals surface area (Å²) in [6.45, 7) is 3.43. The van der Waals surface area contributed by atoms with Crippen molar-refractivity contribution in [3.05, 3.63) is 143 Å². The Morgan fingerprint density at radius 2 is 1.17 bits per heavy atom. The molecule has 6 heteroatoms. The lowest BCUT2D eigenvalue weighted by atomic mass is 9.90. The second-order valence-electron chi connectivity index (χ2n) is 11.3. The predicted molar refractivity (Wildman–Crippen MR) is 166 cm³/mol. The molecule has 0 saturated heterocycles. The van der Waals surface area contributed by atoms with Crippen LogP contribution in [0, 0.1) is 0 Å². The van der Waals surface area contributed by atoms with Crippen LogP contribution in [0.3, 0.4) is 0 Å². The van der Waals surface area contributed by atoms with Gasteiger partial charge in [-0.15, -0.1) is 0 Å². The minimum atomic E-state index is -0.999. The number of benzene rings is 4. The van der Waals surface area contributed by atoms with Crippen LogP contribution in [-0.2, 0) is 39.1 Å². The zero-order chi connectivity index (χ0) is 29.5. The first-order valence-electron chi connectivity index (χ1n) is 14.7. The van der Waals surface area contributed by atoms with Gasteiger partial charge < -0.3 is 20.4 Å². The fourth-order valence-electron chi connectivity index (χ4n) is 6.01. The van der Waals surface area contributed by atoms with Gasteiger partial charge in [-0.25, -0.2) is 0 Å². The van der Waals surface area contributed by atoms with Gasteiger partial charge in [-0.05, 0) is 27.8 Å². The normalized spacial score (nSPS) is 20.9. The summed E-state index contributed by atoms with van der Waals surface area (Å²) >= 11 is 0. The highest BCUT2D eigenvalue weighted by atomic mass is 16.3. The van der Waals surface area contributed by atoms with E-state index >= 15 is 0 Å². The van der Waals surface area contributed by atoms with Crippen molar-refractivity contribution in [2.45, 2.75) is 70.4 Å². The van der Waals surface area contributed by atoms with Crippen LogP contribution < -0.4 is 0 Å². The van der Waals surface area contributed by atoms with Crippen LogP contribution >= 0.6 is 0 Å². The zero-order valence-electron chi connectivity index (χ0n) is 24.2. The zero-order valence-corrected chi connectivity index (χ0v) is 24.2. The standard InChI is InChI=1S/C36H41N2O4/c1-26-37(22-29-12-16-31(24-39)17-13-29)33(20-27-8-4-2-5-9-27)35(41)36(42)34(21-28-10-6-3-7-11-28)38(26)23-30-14-18-32(25-40)19-15-30/h2-19,33-36,39-42H,20-25H2,1H3/q+1/p+1/t33-,34-,35+,36+/m1/s1. The second kappa shape index (κ2) is 13.9. The molecule has 42 heavy (non-hydrogen) atoms. The van der Waals surface area contributed by atoms with Crippen LogP contribution in [0.2, 0.25) is 0 Å². The van der Waals surface area contributed by atoms with Gasteiger partial charge in [-0.2, -0.15) is 0 Å². The van der Waals surface area contributed by atoms with E-state index in [4.69, 9.17) is 5.11 Å². The van der Waals surface area contributed by atoms with E-state index in [1.54, 1.807) is 0 Å². The molecule has 0 saturated carbocycles. The smallest absolute Gasteiger partial charge is 0.244 e. The molecular formula is C36H42N2O4+2. The van der Waals surface area contributed by atoms with Crippen LogP contribution in [0.4, 0.5) is 0 Å². The van der Waals surface area contributed by atoms with Crippen LogP contribution in [0.5, 0.6) is 0 Å². The molecule has 5 N–H and O–H groups in total. The first-order chi connectivity index (χ1) is 20.5. The summed E-state index contributed by atoms with van der Waals surface area (Å²) in [5.41, 5.74) is 6.16. The average molecular weight is 567 g/mol. The van der Waals surface area contributed by atoms with Gasteiger partial charge in [0.25, 0.3) is 0 Å². The Hall–Kier alpha value is -3.81. The van der Waals surface area contributed by atoms with Gasteiger partial charge in [0, 0.05) is 25.3 Å². The molecule has 1 heterocycles. The molecule has 0 amide bonds. The highest BCUT2D eigenvalue weighted by Gasteiger charge is 2.46. The molecule has 6 nitrogen and oxygen atoms in total. The number of amidine groups is 1. The number of hydrogen-bond donors (Lipinski definition) is 3. The Bertz CT molecular complexity index is 1440. The van der Waals surface area contributed by atoms with E-state index in [-0.39, 0.29) is 25.3 Å². The molecule has 0 bridgehead atoms. The molecule has 218 valence electrons. The first-order valence-corrected chi connectivity index (χ1v) is 14.7. The summed E-state index contributed by atoms with van der Waals surface area (Å²) in [6.07, 6.45) is -0.836. The highest BCUT2D eigenvalue weighted by molar-refractivity contribution is 5.75. The molecule has 0 aliphatic carbocycles. The van der Waals surface area contributed by atoms with Crippen molar-refractivity contribution in [3.8, 4) is 0 Å². The monoisotopic (exact) mass is 566 g/mol. The van der Waals surface area contributed by atoms with Gasteiger partial charge >= 0.3 is 0 Å². The summed E-state index contributed by atoms with van der Waals surface area (Å²) in [5, 5.41) is 41.2. The summed E-state index contributed by atoms with van der Waals surface area (Å²) in [7, 11) is 0. The van der Waals surface area contributed by atoms with E-state index in [1.807, 2.05) is 72.8 Å². The van der Waals surface area contributed by atoms with Gasteiger partial charge in [0.05, 0.1) is 6.61 Å². The Morgan fingerprint density at radius 3 is 1.74 bits per heavy atom. The second-order valence-corrected chi connectivity index (χ2v) is 11.3. The van der Waals surface area contributed by atoms with Crippen LogP contribution in [-0.4, -0.2) is 60.0 Å². The maximum Gasteiger partial charge on any atom is 0.244 e. The maximum atomic E-state index is 11.9. The summed E-state index contributed by atoms with van der Waals surface area (Å²) in [4.78, 5) is 2.25. The lowest BCUT2D eigenvalue weighted by molar-refractivity contribution is -0.594. The van der Waals surface area contributed by atoms with Crippen LogP contribution in [0.15, 0.2) is 109 Å². The maximum absolute atomic E-state index is 11.9. The lowest BCUT2D eigenvalue weighted by Crippen LogP contribution is -2.51. The molecule has 0 aromatic heterocycles. The number of hydrogen-bond acceptors (Lipinski definition) is 4. The van der Waals surface area contributed by atoms with Gasteiger partial charge in [-0.3, -0.25) is 9.48 Å². The SMILES string of the molecule is CC1=[N+](Cc2ccc(CO)cc2)[C@H](Cc2ccccc2)[C@H](O)[C@@H](O)[C@@H](Cc2ccccc2)N1Cc1ccc(C[OH2+])cc1. The quantitative estimate of drug-likeness (QED) is 0.201. The van der Waals surface area contributed by atoms with Crippen molar-refractivity contribution in [1.82, 2.24) is 4.90 Å². The van der Waals surface area contributed by atoms with Crippen molar-refractivity contribution < 1.29 is 25.0 Å². The van der Waals surface area contributed by atoms with E-state index in [0.717, 1.165) is 39.2 Å². The predicted octanol–water partition coefficient (Wildman–Crippen LogP) is 3.79.